The molecule has 28 heavy (non-hydrogen) atoms. The van der Waals surface area contributed by atoms with Gasteiger partial charge in [0.1, 0.15) is 22.9 Å². The molecule has 148 valence electrons. The Hall–Kier alpha value is -2.54. The van der Waals surface area contributed by atoms with Crippen molar-refractivity contribution in [3.63, 3.8) is 0 Å². The fraction of sp³-hybridized carbons (Fsp3) is 0.429. The third-order valence-electron chi connectivity index (χ3n) is 5.71. The van der Waals surface area contributed by atoms with Gasteiger partial charge in [0.05, 0.1) is 24.5 Å². The van der Waals surface area contributed by atoms with Crippen LogP contribution >= 0.6 is 0 Å². The predicted molar refractivity (Wildman–Crippen MR) is 101 cm³/mol. The number of ether oxygens (including phenoxy) is 1. The Morgan fingerprint density at radius 1 is 1.25 bits per heavy atom. The van der Waals surface area contributed by atoms with Gasteiger partial charge in [0.25, 0.3) is 0 Å². The van der Waals surface area contributed by atoms with Crippen LogP contribution < -0.4 is 10.1 Å². The molecule has 1 aromatic carbocycles. The molecule has 0 aliphatic carbocycles. The summed E-state index contributed by atoms with van der Waals surface area (Å²) < 4.78 is 34.3. The highest BCUT2D eigenvalue weighted by molar-refractivity contribution is 5.88. The second-order valence-electron chi connectivity index (χ2n) is 7.46. The third-order valence-corrected chi connectivity index (χ3v) is 5.71. The number of benzene rings is 1. The molecule has 0 radical (unpaired) electrons. The Balaban J connectivity index is 1.66. The lowest BCUT2D eigenvalue weighted by Gasteiger charge is -2.23. The van der Waals surface area contributed by atoms with Crippen molar-refractivity contribution in [2.24, 2.45) is 0 Å². The molecular weight excluding hydrogens is 364 g/mol. The van der Waals surface area contributed by atoms with E-state index in [0.29, 0.717) is 24.5 Å². The van der Waals surface area contributed by atoms with Crippen molar-refractivity contribution in [2.75, 3.05) is 20.2 Å². The Morgan fingerprint density at radius 3 is 2.75 bits per heavy atom. The molecule has 3 heterocycles. The van der Waals surface area contributed by atoms with E-state index in [2.05, 4.69) is 10.3 Å². The molecule has 1 aromatic heterocycles. The fourth-order valence-corrected chi connectivity index (χ4v) is 4.21. The maximum absolute atomic E-state index is 14.5. The number of hydrogen-bond donors (Lipinski definition) is 1. The average Bonchev–Trinajstić information content (AvgIpc) is 3.24. The van der Waals surface area contributed by atoms with Crippen LogP contribution in [0.15, 0.2) is 30.5 Å². The van der Waals surface area contributed by atoms with E-state index in [0.717, 1.165) is 25.6 Å². The first-order chi connectivity index (χ1) is 13.4. The second kappa shape index (κ2) is 7.13. The molecular formula is C21H23F2N3O2. The molecule has 0 bridgehead atoms. The number of halogens is 2. The van der Waals surface area contributed by atoms with Crippen LogP contribution in [0.1, 0.15) is 37.9 Å². The first-order valence-electron chi connectivity index (χ1n) is 9.55. The lowest BCUT2D eigenvalue weighted by atomic mass is 9.96. The van der Waals surface area contributed by atoms with Gasteiger partial charge in [-0.1, -0.05) is 0 Å². The summed E-state index contributed by atoms with van der Waals surface area (Å²) in [6.45, 7) is 2.99. The van der Waals surface area contributed by atoms with Crippen molar-refractivity contribution in [3.05, 3.63) is 47.8 Å². The first kappa shape index (κ1) is 18.8. The van der Waals surface area contributed by atoms with Crippen LogP contribution in [-0.4, -0.2) is 41.5 Å². The maximum Gasteiger partial charge on any atom is 0.242 e. The highest BCUT2D eigenvalue weighted by Crippen LogP contribution is 2.39. The quantitative estimate of drug-likeness (QED) is 0.873. The number of hydrogen-bond acceptors (Lipinski definition) is 4. The van der Waals surface area contributed by atoms with Crippen molar-refractivity contribution in [2.45, 2.75) is 37.8 Å². The second-order valence-corrected chi connectivity index (χ2v) is 7.46. The number of carbonyl (C=O) groups excluding carboxylic acids is 1. The molecule has 2 unspecified atom stereocenters. The van der Waals surface area contributed by atoms with E-state index < -0.39 is 17.2 Å². The topological polar surface area (TPSA) is 54.5 Å². The number of nitrogens with one attached hydrogen (secondary N) is 1. The minimum atomic E-state index is -0.597. The molecule has 2 saturated heterocycles. The average molecular weight is 387 g/mol. The molecule has 1 N–H and O–H groups in total. The molecule has 7 heteroatoms. The molecule has 2 aliphatic rings. The highest BCUT2D eigenvalue weighted by Gasteiger charge is 2.50. The van der Waals surface area contributed by atoms with Crippen molar-refractivity contribution in [3.8, 4) is 16.9 Å². The molecule has 2 aliphatic heterocycles. The van der Waals surface area contributed by atoms with Crippen LogP contribution in [0, 0.1) is 11.6 Å². The first-order valence-corrected chi connectivity index (χ1v) is 9.55. The van der Waals surface area contributed by atoms with Gasteiger partial charge < -0.3 is 9.64 Å². The highest BCUT2D eigenvalue weighted by atomic mass is 19.1. The normalized spacial score (nSPS) is 24.4. The zero-order chi connectivity index (χ0) is 19.9. The number of aromatic nitrogens is 1. The molecule has 2 aromatic rings. The molecule has 4 rings (SSSR count). The van der Waals surface area contributed by atoms with Gasteiger partial charge >= 0.3 is 0 Å². The number of rotatable bonds is 4. The zero-order valence-electron chi connectivity index (χ0n) is 16.0. The summed E-state index contributed by atoms with van der Waals surface area (Å²) in [4.78, 5) is 18.5. The molecule has 1 amide bonds. The van der Waals surface area contributed by atoms with Gasteiger partial charge in [-0.25, -0.2) is 8.78 Å². The Labute approximate surface area is 162 Å². The van der Waals surface area contributed by atoms with Crippen LogP contribution in [-0.2, 0) is 4.79 Å². The van der Waals surface area contributed by atoms with Crippen molar-refractivity contribution in [1.29, 1.82) is 0 Å². The number of amides is 1. The van der Waals surface area contributed by atoms with Crippen LogP contribution in [0.3, 0.4) is 0 Å². The number of pyridine rings is 1. The van der Waals surface area contributed by atoms with Crippen molar-refractivity contribution in [1.82, 2.24) is 15.2 Å². The number of likely N-dealkylation sites (N-methyl/N-ethyl adjacent to an activating group) is 1. The smallest absolute Gasteiger partial charge is 0.242 e. The standard InChI is InChI=1S/C21H23F2N3O2/c1-3-28-13-4-5-16(22)14(10-13)15-11-19(24-12-17(15)23)18-6-7-21(25-18)8-9-26(2)20(21)27/h4-5,10-12,18,25H,3,6-9H2,1-2H3. The van der Waals surface area contributed by atoms with E-state index >= 15 is 0 Å². The maximum atomic E-state index is 14.5. The third kappa shape index (κ3) is 3.13. The summed E-state index contributed by atoms with van der Waals surface area (Å²) in [6, 6.07) is 5.69. The minimum Gasteiger partial charge on any atom is -0.494 e. The van der Waals surface area contributed by atoms with Crippen molar-refractivity contribution < 1.29 is 18.3 Å². The van der Waals surface area contributed by atoms with Crippen LogP contribution in [0.4, 0.5) is 8.78 Å². The minimum absolute atomic E-state index is 0.0906. The Kier molecular flexibility index (Phi) is 4.79. The summed E-state index contributed by atoms with van der Waals surface area (Å²) >= 11 is 0. The Morgan fingerprint density at radius 2 is 2.04 bits per heavy atom. The summed E-state index contributed by atoms with van der Waals surface area (Å²) in [6.07, 6.45) is 3.30. The molecule has 5 nitrogen and oxygen atoms in total. The number of nitrogens with zero attached hydrogens (tertiary/aromatic N) is 2. The lowest BCUT2D eigenvalue weighted by molar-refractivity contribution is -0.131. The lowest BCUT2D eigenvalue weighted by Crippen LogP contribution is -2.47. The molecule has 2 atom stereocenters. The molecule has 0 saturated carbocycles. The molecule has 1 spiro atoms. The van der Waals surface area contributed by atoms with E-state index in [4.69, 9.17) is 4.74 Å². The monoisotopic (exact) mass is 387 g/mol. The van der Waals surface area contributed by atoms with Gasteiger partial charge in [0, 0.05) is 24.7 Å². The van der Waals surface area contributed by atoms with Gasteiger partial charge in [-0.05, 0) is 50.5 Å². The van der Waals surface area contributed by atoms with Crippen molar-refractivity contribution >= 4 is 5.91 Å². The number of likely N-dealkylation sites (tertiary alicyclic amines) is 1. The van der Waals surface area contributed by atoms with Gasteiger partial charge in [0.15, 0.2) is 0 Å². The van der Waals surface area contributed by atoms with Gasteiger partial charge in [-0.3, -0.25) is 15.1 Å². The Bertz CT molecular complexity index is 921. The zero-order valence-corrected chi connectivity index (χ0v) is 16.0. The summed E-state index contributed by atoms with van der Waals surface area (Å²) in [5, 5.41) is 3.41. The predicted octanol–water partition coefficient (Wildman–Crippen LogP) is 3.45. The largest absolute Gasteiger partial charge is 0.494 e. The van der Waals surface area contributed by atoms with E-state index in [9.17, 15) is 13.6 Å². The fourth-order valence-electron chi connectivity index (χ4n) is 4.21. The van der Waals surface area contributed by atoms with Gasteiger partial charge in [-0.2, -0.15) is 0 Å². The summed E-state index contributed by atoms with van der Waals surface area (Å²) in [7, 11) is 1.80. The van der Waals surface area contributed by atoms with E-state index in [-0.39, 0.29) is 23.1 Å². The van der Waals surface area contributed by atoms with E-state index in [1.54, 1.807) is 18.0 Å². The van der Waals surface area contributed by atoms with Gasteiger partial charge in [-0.15, -0.1) is 0 Å². The summed E-state index contributed by atoms with van der Waals surface area (Å²) in [5.74, 6) is -0.550. The molecule has 2 fully saturated rings. The van der Waals surface area contributed by atoms with E-state index in [1.807, 2.05) is 6.92 Å². The van der Waals surface area contributed by atoms with Gasteiger partial charge in [0.2, 0.25) is 5.91 Å². The van der Waals surface area contributed by atoms with Crippen LogP contribution in [0.25, 0.3) is 11.1 Å². The number of carbonyl (C=O) groups is 1. The van der Waals surface area contributed by atoms with Crippen LogP contribution in [0.2, 0.25) is 0 Å². The van der Waals surface area contributed by atoms with E-state index in [1.165, 1.54) is 18.2 Å². The summed E-state index contributed by atoms with van der Waals surface area (Å²) in [5.41, 5.74) is 0.325. The van der Waals surface area contributed by atoms with Crippen LogP contribution in [0.5, 0.6) is 5.75 Å². The SMILES string of the molecule is CCOc1ccc(F)c(-c2cc(C3CCC4(CCN(C)C4=O)N3)ncc2F)c1.